The van der Waals surface area contributed by atoms with E-state index >= 15 is 0 Å². The van der Waals surface area contributed by atoms with E-state index in [1.54, 1.807) is 24.5 Å². The summed E-state index contributed by atoms with van der Waals surface area (Å²) in [5, 5.41) is 6.21. The van der Waals surface area contributed by atoms with Crippen LogP contribution in [0.15, 0.2) is 53.8 Å². The molecule has 0 radical (unpaired) electrons. The number of rotatable bonds is 6. The van der Waals surface area contributed by atoms with E-state index in [2.05, 4.69) is 15.6 Å². The highest BCUT2D eigenvalue weighted by Gasteiger charge is 2.43. The zero-order chi connectivity index (χ0) is 21.9. The van der Waals surface area contributed by atoms with Gasteiger partial charge in [-0.15, -0.1) is 0 Å². The highest BCUT2D eigenvalue weighted by Crippen LogP contribution is 2.37. The highest BCUT2D eigenvalue weighted by molar-refractivity contribution is 5.88. The summed E-state index contributed by atoms with van der Waals surface area (Å²) in [4.78, 5) is 21.0. The fourth-order valence-corrected chi connectivity index (χ4v) is 3.86. The van der Waals surface area contributed by atoms with Crippen LogP contribution in [-0.4, -0.2) is 54.9 Å². The Bertz CT molecular complexity index is 945. The number of nitrogens with zero attached hydrogens (tertiary/aromatic N) is 2. The van der Waals surface area contributed by atoms with Crippen LogP contribution >= 0.6 is 0 Å². The minimum absolute atomic E-state index is 0.139. The zero-order valence-corrected chi connectivity index (χ0v) is 17.3. The molecule has 0 saturated carbocycles. The average molecular weight is 427 g/mol. The molecule has 1 aromatic carbocycles. The molecule has 1 unspecified atom stereocenters. The number of ether oxygens (including phenoxy) is 2. The number of nitrogens with one attached hydrogen (secondary N) is 2. The van der Waals surface area contributed by atoms with Crippen molar-refractivity contribution >= 4 is 11.7 Å². The molecule has 0 spiro atoms. The summed E-state index contributed by atoms with van der Waals surface area (Å²) in [6.45, 7) is 3.15. The maximum atomic E-state index is 13.5. The third-order valence-corrected chi connectivity index (χ3v) is 5.46. The Morgan fingerprint density at radius 2 is 1.84 bits per heavy atom. The number of halogens is 1. The van der Waals surface area contributed by atoms with Gasteiger partial charge in [0.1, 0.15) is 11.4 Å². The second-order valence-corrected chi connectivity index (χ2v) is 8.06. The van der Waals surface area contributed by atoms with Crippen molar-refractivity contribution in [3.63, 3.8) is 0 Å². The lowest BCUT2D eigenvalue weighted by Crippen LogP contribution is -2.58. The Morgan fingerprint density at radius 3 is 2.48 bits per heavy atom. The number of aliphatic imine (C=N–C) groups is 1. The summed E-state index contributed by atoms with van der Waals surface area (Å²) < 4.78 is 25.4. The molecule has 3 heterocycles. The van der Waals surface area contributed by atoms with Gasteiger partial charge in [0.2, 0.25) is 12.2 Å². The summed E-state index contributed by atoms with van der Waals surface area (Å²) in [5.41, 5.74) is 5.81. The molecule has 8 nitrogen and oxygen atoms in total. The monoisotopic (exact) mass is 427 g/mol. The van der Waals surface area contributed by atoms with Crippen molar-refractivity contribution in [2.24, 2.45) is 10.7 Å². The summed E-state index contributed by atoms with van der Waals surface area (Å²) in [7, 11) is 0. The van der Waals surface area contributed by atoms with Crippen LogP contribution in [0.2, 0.25) is 0 Å². The normalized spacial score (nSPS) is 28.0. The van der Waals surface area contributed by atoms with Gasteiger partial charge in [-0.25, -0.2) is 9.38 Å². The van der Waals surface area contributed by atoms with Gasteiger partial charge in [0.15, 0.2) is 5.84 Å². The molecule has 164 valence electrons. The summed E-state index contributed by atoms with van der Waals surface area (Å²) >= 11 is 0. The van der Waals surface area contributed by atoms with Gasteiger partial charge in [-0.3, -0.25) is 9.78 Å². The number of amides is 1. The molecule has 9 heteroatoms. The largest absolute Gasteiger partial charge is 0.366 e. The van der Waals surface area contributed by atoms with Gasteiger partial charge in [-0.2, -0.15) is 0 Å². The van der Waals surface area contributed by atoms with E-state index in [4.69, 9.17) is 20.2 Å². The Balaban J connectivity index is 1.56. The lowest BCUT2D eigenvalue weighted by molar-refractivity contribution is -0.177. The molecule has 31 heavy (non-hydrogen) atoms. The second kappa shape index (κ2) is 8.70. The fourth-order valence-electron chi connectivity index (χ4n) is 3.86. The van der Waals surface area contributed by atoms with Crippen LogP contribution in [0.25, 0.3) is 0 Å². The van der Waals surface area contributed by atoms with Crippen LogP contribution in [0.4, 0.5) is 4.39 Å². The molecular weight excluding hydrogens is 401 g/mol. The van der Waals surface area contributed by atoms with Crippen molar-refractivity contribution in [2.45, 2.75) is 30.7 Å². The van der Waals surface area contributed by atoms with E-state index in [1.165, 1.54) is 12.1 Å². The lowest BCUT2D eigenvalue weighted by Gasteiger charge is -2.37. The van der Waals surface area contributed by atoms with E-state index in [9.17, 15) is 9.18 Å². The first-order chi connectivity index (χ1) is 14.9. The van der Waals surface area contributed by atoms with Crippen molar-refractivity contribution in [3.8, 4) is 0 Å². The molecule has 1 aromatic heterocycles. The van der Waals surface area contributed by atoms with E-state index in [-0.39, 0.29) is 37.9 Å². The van der Waals surface area contributed by atoms with Gasteiger partial charge in [0.05, 0.1) is 18.8 Å². The van der Waals surface area contributed by atoms with E-state index < -0.39 is 17.4 Å². The van der Waals surface area contributed by atoms with E-state index in [0.717, 1.165) is 11.1 Å². The molecule has 2 aromatic rings. The van der Waals surface area contributed by atoms with Crippen LogP contribution in [0.3, 0.4) is 0 Å². The van der Waals surface area contributed by atoms with Crippen molar-refractivity contribution in [1.82, 2.24) is 15.6 Å². The number of hydrogen-bond donors (Lipinski definition) is 3. The number of amidine groups is 1. The molecule has 0 bridgehead atoms. The van der Waals surface area contributed by atoms with Gasteiger partial charge in [-0.1, -0.05) is 12.1 Å². The second-order valence-electron chi connectivity index (χ2n) is 8.06. The summed E-state index contributed by atoms with van der Waals surface area (Å²) in [6.07, 6.45) is 2.97. The average Bonchev–Trinajstić information content (AvgIpc) is 3.22. The predicted molar refractivity (Wildman–Crippen MR) is 113 cm³/mol. The zero-order valence-electron chi connectivity index (χ0n) is 17.3. The molecule has 0 aliphatic carbocycles. The third kappa shape index (κ3) is 4.43. The Labute approximate surface area is 180 Å². The molecule has 2 aliphatic rings. The van der Waals surface area contributed by atoms with Crippen molar-refractivity contribution in [2.75, 3.05) is 26.3 Å². The molecule has 1 amide bonds. The highest BCUT2D eigenvalue weighted by atomic mass is 19.1. The fraction of sp³-hybridized carbons (Fsp3) is 0.409. The molecule has 4 rings (SSSR count). The Morgan fingerprint density at radius 1 is 1.19 bits per heavy atom. The standard InChI is InChI=1S/C22H26FN5O3/c1-21(27-18(29)6-9-24)13-30-20(31-14-21)19-26-12-22(28-19,16-7-10-25-11-8-16)15-2-4-17(23)5-3-15/h2-5,7-8,10-11,20H,6,9,12-14,24H2,1H3,(H,26,28)(H,27,29). The first-order valence-corrected chi connectivity index (χ1v) is 10.2. The predicted octanol–water partition coefficient (Wildman–Crippen LogP) is 1.06. The third-order valence-electron chi connectivity index (χ3n) is 5.46. The van der Waals surface area contributed by atoms with Gasteiger partial charge in [-0.05, 0) is 42.3 Å². The first kappa shape index (κ1) is 21.4. The molecule has 1 atom stereocenters. The van der Waals surface area contributed by atoms with Crippen LogP contribution in [-0.2, 0) is 19.8 Å². The number of hydrogen-bond acceptors (Lipinski definition) is 7. The molecule has 4 N–H and O–H groups in total. The molecule has 2 aliphatic heterocycles. The smallest absolute Gasteiger partial charge is 0.221 e. The van der Waals surface area contributed by atoms with Crippen LogP contribution in [0, 0.1) is 5.82 Å². The quantitative estimate of drug-likeness (QED) is 0.636. The van der Waals surface area contributed by atoms with Gasteiger partial charge < -0.3 is 25.8 Å². The number of pyridine rings is 1. The van der Waals surface area contributed by atoms with Crippen LogP contribution in [0.5, 0.6) is 0 Å². The topological polar surface area (TPSA) is 111 Å². The van der Waals surface area contributed by atoms with Crippen LogP contribution in [0.1, 0.15) is 24.5 Å². The number of benzene rings is 1. The first-order valence-electron chi connectivity index (χ1n) is 10.2. The van der Waals surface area contributed by atoms with Gasteiger partial charge >= 0.3 is 0 Å². The summed E-state index contributed by atoms with van der Waals surface area (Å²) in [6, 6.07) is 10.1. The Kier molecular flexibility index (Phi) is 5.99. The molecule has 1 saturated heterocycles. The minimum atomic E-state index is -0.755. The van der Waals surface area contributed by atoms with Gasteiger partial charge in [0.25, 0.3) is 0 Å². The molecular formula is C22H26FN5O3. The summed E-state index contributed by atoms with van der Waals surface area (Å²) in [5.74, 6) is 0.107. The minimum Gasteiger partial charge on any atom is -0.366 e. The van der Waals surface area contributed by atoms with Crippen molar-refractivity contribution < 1.29 is 18.7 Å². The van der Waals surface area contributed by atoms with Crippen LogP contribution < -0.4 is 16.4 Å². The van der Waals surface area contributed by atoms with Crippen molar-refractivity contribution in [1.29, 1.82) is 0 Å². The van der Waals surface area contributed by atoms with Gasteiger partial charge in [0, 0.05) is 31.9 Å². The lowest BCUT2D eigenvalue weighted by atomic mass is 9.84. The van der Waals surface area contributed by atoms with E-state index in [0.29, 0.717) is 12.4 Å². The van der Waals surface area contributed by atoms with Crippen molar-refractivity contribution in [3.05, 3.63) is 65.7 Å². The maximum absolute atomic E-state index is 13.5. The number of carbonyl (C=O) groups excluding carboxylic acids is 1. The van der Waals surface area contributed by atoms with E-state index in [1.807, 2.05) is 19.1 Å². The maximum Gasteiger partial charge on any atom is 0.221 e. The molecule has 1 fully saturated rings. The Hall–Kier alpha value is -2.88. The SMILES string of the molecule is CC1(NC(=O)CCN)COC(C2=NC(c3ccncc3)(c3ccc(F)cc3)CN2)OC1. The number of carbonyl (C=O) groups is 1. The number of nitrogens with two attached hydrogens (primary N) is 1. The number of aromatic nitrogens is 1.